The Balaban J connectivity index is 1.65. The molecule has 4 rings (SSSR count). The van der Waals surface area contributed by atoms with Gasteiger partial charge in [0.25, 0.3) is 5.91 Å². The number of anilines is 1. The molecule has 0 saturated carbocycles. The standard InChI is InChI=1S/C27H27ClN2O5/c1-4-35-25(32)24-16(2)23(17(3)29-24)22(31)15-27(34)20-14-19(28)10-11-21(20)30(26(27)33)13-12-18-8-6-5-7-9-18/h5-11,14,29,34H,4,12-13,15H2,1-3H3/t27-/m0/s1. The maximum Gasteiger partial charge on any atom is 0.355 e. The molecule has 0 bridgehead atoms. The molecular weight excluding hydrogens is 468 g/mol. The number of esters is 1. The number of carbonyl (C=O) groups excluding carboxylic acids is 3. The number of nitrogens with zero attached hydrogens (tertiary/aromatic N) is 1. The SMILES string of the molecule is CCOC(=O)c1[nH]c(C)c(C(=O)C[C@@]2(O)C(=O)N(CCc3ccccc3)c3ccc(Cl)cc32)c1C. The molecule has 8 heteroatoms. The highest BCUT2D eigenvalue weighted by atomic mass is 35.5. The number of hydrogen-bond donors (Lipinski definition) is 2. The minimum Gasteiger partial charge on any atom is -0.461 e. The lowest BCUT2D eigenvalue weighted by Crippen LogP contribution is -2.42. The summed E-state index contributed by atoms with van der Waals surface area (Å²) in [4.78, 5) is 43.7. The minimum atomic E-state index is -2.08. The van der Waals surface area contributed by atoms with Gasteiger partial charge in [0.2, 0.25) is 0 Å². The summed E-state index contributed by atoms with van der Waals surface area (Å²) >= 11 is 6.21. The van der Waals surface area contributed by atoms with Gasteiger partial charge in [-0.05, 0) is 56.5 Å². The number of aliphatic hydroxyl groups is 1. The smallest absolute Gasteiger partial charge is 0.355 e. The summed E-state index contributed by atoms with van der Waals surface area (Å²) in [7, 11) is 0. The number of fused-ring (bicyclic) bond motifs is 1. The molecule has 1 aliphatic rings. The van der Waals surface area contributed by atoms with E-state index < -0.39 is 29.7 Å². The summed E-state index contributed by atoms with van der Waals surface area (Å²) < 4.78 is 5.06. The van der Waals surface area contributed by atoms with E-state index in [1.807, 2.05) is 30.3 Å². The second-order valence-electron chi connectivity index (χ2n) is 8.66. The van der Waals surface area contributed by atoms with Gasteiger partial charge in [-0.3, -0.25) is 9.59 Å². The lowest BCUT2D eigenvalue weighted by atomic mass is 9.87. The van der Waals surface area contributed by atoms with Gasteiger partial charge in [-0.2, -0.15) is 0 Å². The van der Waals surface area contributed by atoms with Crippen LogP contribution in [0.1, 0.15) is 56.6 Å². The van der Waals surface area contributed by atoms with E-state index in [2.05, 4.69) is 4.98 Å². The molecule has 0 fully saturated rings. The van der Waals surface area contributed by atoms with Gasteiger partial charge >= 0.3 is 5.97 Å². The molecule has 182 valence electrons. The van der Waals surface area contributed by atoms with Crippen molar-refractivity contribution >= 4 is 34.9 Å². The van der Waals surface area contributed by atoms with Crippen molar-refractivity contribution in [1.29, 1.82) is 0 Å². The third kappa shape index (κ3) is 4.49. The van der Waals surface area contributed by atoms with Crippen LogP contribution in [0.5, 0.6) is 0 Å². The molecule has 2 N–H and O–H groups in total. The van der Waals surface area contributed by atoms with E-state index in [0.717, 1.165) is 5.56 Å². The van der Waals surface area contributed by atoms with Crippen molar-refractivity contribution in [1.82, 2.24) is 4.98 Å². The van der Waals surface area contributed by atoms with Crippen molar-refractivity contribution < 1.29 is 24.2 Å². The molecule has 0 unspecified atom stereocenters. The molecule has 0 aliphatic carbocycles. The predicted molar refractivity (Wildman–Crippen MR) is 133 cm³/mol. The normalized spacial score (nSPS) is 16.9. The van der Waals surface area contributed by atoms with Crippen molar-refractivity contribution in [2.24, 2.45) is 0 Å². The van der Waals surface area contributed by atoms with Crippen LogP contribution in [-0.4, -0.2) is 40.9 Å². The molecular formula is C27H27ClN2O5. The lowest BCUT2D eigenvalue weighted by molar-refractivity contribution is -0.135. The number of rotatable bonds is 8. The molecule has 2 heterocycles. The van der Waals surface area contributed by atoms with E-state index in [1.54, 1.807) is 32.9 Å². The Morgan fingerprint density at radius 3 is 2.54 bits per heavy atom. The average molecular weight is 495 g/mol. The number of ether oxygens (including phenoxy) is 1. The zero-order valence-corrected chi connectivity index (χ0v) is 20.6. The van der Waals surface area contributed by atoms with Gasteiger partial charge in [0, 0.05) is 28.4 Å². The summed E-state index contributed by atoms with van der Waals surface area (Å²) in [5, 5.41) is 12.0. The van der Waals surface area contributed by atoms with Gasteiger partial charge < -0.3 is 19.7 Å². The minimum absolute atomic E-state index is 0.186. The third-order valence-electron chi connectivity index (χ3n) is 6.37. The molecule has 1 aliphatic heterocycles. The van der Waals surface area contributed by atoms with Gasteiger partial charge in [-0.1, -0.05) is 41.9 Å². The molecule has 0 radical (unpaired) electrons. The summed E-state index contributed by atoms with van der Waals surface area (Å²) in [6, 6.07) is 14.6. The number of aryl methyl sites for hydroxylation is 1. The van der Waals surface area contributed by atoms with Crippen molar-refractivity contribution in [3.8, 4) is 0 Å². The fraction of sp³-hybridized carbons (Fsp3) is 0.296. The lowest BCUT2D eigenvalue weighted by Gasteiger charge is -2.23. The number of benzene rings is 2. The number of halogens is 1. The van der Waals surface area contributed by atoms with E-state index >= 15 is 0 Å². The number of ketones is 1. The van der Waals surface area contributed by atoms with E-state index in [0.29, 0.717) is 40.5 Å². The maximum atomic E-state index is 13.6. The van der Waals surface area contributed by atoms with Gasteiger partial charge in [0.15, 0.2) is 11.4 Å². The number of aromatic nitrogens is 1. The topological polar surface area (TPSA) is 99.7 Å². The summed E-state index contributed by atoms with van der Waals surface area (Å²) in [6.07, 6.45) is 0.0976. The second kappa shape index (κ2) is 9.68. The van der Waals surface area contributed by atoms with E-state index in [4.69, 9.17) is 16.3 Å². The van der Waals surface area contributed by atoms with Gasteiger partial charge in [-0.15, -0.1) is 0 Å². The van der Waals surface area contributed by atoms with E-state index in [9.17, 15) is 19.5 Å². The van der Waals surface area contributed by atoms with Crippen LogP contribution in [0, 0.1) is 13.8 Å². The van der Waals surface area contributed by atoms with Gasteiger partial charge in [0.05, 0.1) is 18.7 Å². The van der Waals surface area contributed by atoms with Crippen molar-refractivity contribution in [2.75, 3.05) is 18.1 Å². The first-order chi connectivity index (χ1) is 16.7. The van der Waals surface area contributed by atoms with Crippen LogP contribution in [0.2, 0.25) is 5.02 Å². The van der Waals surface area contributed by atoms with Crippen LogP contribution < -0.4 is 4.90 Å². The molecule has 1 atom stereocenters. The molecule has 3 aromatic rings. The molecule has 2 aromatic carbocycles. The van der Waals surface area contributed by atoms with Gasteiger partial charge in [-0.25, -0.2) is 4.79 Å². The van der Waals surface area contributed by atoms with Crippen LogP contribution in [0.3, 0.4) is 0 Å². The van der Waals surface area contributed by atoms with Crippen LogP contribution in [0.4, 0.5) is 5.69 Å². The Hall–Kier alpha value is -3.42. The Labute approximate surface area is 208 Å². The number of hydrogen-bond acceptors (Lipinski definition) is 5. The van der Waals surface area contributed by atoms with Crippen LogP contribution in [0.15, 0.2) is 48.5 Å². The van der Waals surface area contributed by atoms with Gasteiger partial charge in [0.1, 0.15) is 5.69 Å². The molecule has 7 nitrogen and oxygen atoms in total. The highest BCUT2D eigenvalue weighted by Crippen LogP contribution is 2.44. The molecule has 1 aromatic heterocycles. The van der Waals surface area contributed by atoms with Crippen LogP contribution in [0.25, 0.3) is 0 Å². The van der Waals surface area contributed by atoms with Crippen molar-refractivity contribution in [3.63, 3.8) is 0 Å². The number of nitrogens with one attached hydrogen (secondary N) is 1. The fourth-order valence-corrected chi connectivity index (χ4v) is 4.87. The highest BCUT2D eigenvalue weighted by Gasteiger charge is 2.51. The van der Waals surface area contributed by atoms with Crippen LogP contribution >= 0.6 is 11.6 Å². The molecule has 0 saturated heterocycles. The quantitative estimate of drug-likeness (QED) is 0.354. The number of amides is 1. The zero-order chi connectivity index (χ0) is 25.3. The molecule has 35 heavy (non-hydrogen) atoms. The highest BCUT2D eigenvalue weighted by molar-refractivity contribution is 6.31. The fourth-order valence-electron chi connectivity index (χ4n) is 4.70. The first-order valence-corrected chi connectivity index (χ1v) is 11.8. The summed E-state index contributed by atoms with van der Waals surface area (Å²) in [5.41, 5.74) is 1.14. The van der Waals surface area contributed by atoms with Crippen LogP contribution in [-0.2, 0) is 21.6 Å². The number of H-pyrrole nitrogens is 1. The largest absolute Gasteiger partial charge is 0.461 e. The number of carbonyl (C=O) groups is 3. The summed E-state index contributed by atoms with van der Waals surface area (Å²) in [6.45, 7) is 5.54. The Kier molecular flexibility index (Phi) is 6.83. The first kappa shape index (κ1) is 24.7. The van der Waals surface area contributed by atoms with Crippen molar-refractivity contribution in [3.05, 3.63) is 87.2 Å². The van der Waals surface area contributed by atoms with E-state index in [1.165, 1.54) is 11.0 Å². The van der Waals surface area contributed by atoms with Crippen molar-refractivity contribution in [2.45, 2.75) is 39.2 Å². The summed E-state index contributed by atoms with van der Waals surface area (Å²) in [5.74, 6) is -1.60. The number of Topliss-reactive ketones (excluding diaryl/α,β-unsaturated/α-hetero) is 1. The predicted octanol–water partition coefficient (Wildman–Crippen LogP) is 4.51. The maximum absolute atomic E-state index is 13.6. The monoisotopic (exact) mass is 494 g/mol. The Morgan fingerprint density at radius 2 is 1.86 bits per heavy atom. The Morgan fingerprint density at radius 1 is 1.14 bits per heavy atom. The first-order valence-electron chi connectivity index (χ1n) is 11.4. The molecule has 0 spiro atoms. The Bertz CT molecular complexity index is 1300. The average Bonchev–Trinajstić information content (AvgIpc) is 3.23. The molecule has 1 amide bonds. The number of aromatic amines is 1. The zero-order valence-electron chi connectivity index (χ0n) is 19.9. The van der Waals surface area contributed by atoms with E-state index in [-0.39, 0.29) is 17.9 Å². The third-order valence-corrected chi connectivity index (χ3v) is 6.61. The second-order valence-corrected chi connectivity index (χ2v) is 9.10.